The molecule has 3 aliphatic rings. The second-order valence-corrected chi connectivity index (χ2v) is 10.6. The first kappa shape index (κ1) is 24.2. The number of aliphatic hydroxyl groups excluding tert-OH is 1. The number of piperidine rings is 1. The van der Waals surface area contributed by atoms with E-state index in [1.54, 1.807) is 6.92 Å². The van der Waals surface area contributed by atoms with Gasteiger partial charge in [-0.1, -0.05) is 19.3 Å². The smallest absolute Gasteiger partial charge is 0.254 e. The van der Waals surface area contributed by atoms with Crippen molar-refractivity contribution in [1.29, 1.82) is 0 Å². The maximum absolute atomic E-state index is 13.6. The van der Waals surface area contributed by atoms with Crippen LogP contribution in [0.1, 0.15) is 94.5 Å². The molecule has 182 valence electrons. The molecule has 4 rings (SSSR count). The van der Waals surface area contributed by atoms with Crippen LogP contribution in [0.5, 0.6) is 0 Å². The molecule has 1 N–H and O–H groups in total. The van der Waals surface area contributed by atoms with Gasteiger partial charge < -0.3 is 14.9 Å². The maximum atomic E-state index is 13.6. The Kier molecular flexibility index (Phi) is 7.75. The van der Waals surface area contributed by atoms with Crippen LogP contribution < -0.4 is 4.90 Å². The first-order valence-corrected chi connectivity index (χ1v) is 13.0. The Morgan fingerprint density at radius 2 is 1.61 bits per heavy atom. The number of anilines is 1. The van der Waals surface area contributed by atoms with E-state index in [0.717, 1.165) is 56.6 Å². The summed E-state index contributed by atoms with van der Waals surface area (Å²) in [6, 6.07) is 6.63. The Hall–Kier alpha value is -1.92. The van der Waals surface area contributed by atoms with Crippen molar-refractivity contribution in [3.63, 3.8) is 0 Å². The van der Waals surface area contributed by atoms with Crippen LogP contribution in [0.3, 0.4) is 0 Å². The highest BCUT2D eigenvalue weighted by molar-refractivity contribution is 5.97. The summed E-state index contributed by atoms with van der Waals surface area (Å²) in [6.07, 6.45) is 8.82. The molecule has 2 saturated heterocycles. The van der Waals surface area contributed by atoms with Crippen LogP contribution in [-0.2, 0) is 11.3 Å². The summed E-state index contributed by atoms with van der Waals surface area (Å²) in [4.78, 5) is 32.6. The largest absolute Gasteiger partial charge is 0.393 e. The highest BCUT2D eigenvalue weighted by atomic mass is 16.3. The zero-order valence-electron chi connectivity index (χ0n) is 20.6. The van der Waals surface area contributed by atoms with E-state index >= 15 is 0 Å². The molecule has 1 aromatic rings. The predicted molar refractivity (Wildman–Crippen MR) is 131 cm³/mol. The molecular formula is C27H41N3O3. The summed E-state index contributed by atoms with van der Waals surface area (Å²) in [7, 11) is 0. The highest BCUT2D eigenvalue weighted by Gasteiger charge is 2.43. The third-order valence-corrected chi connectivity index (χ3v) is 7.87. The van der Waals surface area contributed by atoms with Gasteiger partial charge in [-0.3, -0.25) is 14.5 Å². The predicted octanol–water partition coefficient (Wildman–Crippen LogP) is 4.34. The van der Waals surface area contributed by atoms with E-state index in [1.807, 2.05) is 28.0 Å². The van der Waals surface area contributed by atoms with Crippen molar-refractivity contribution in [2.75, 3.05) is 18.0 Å². The van der Waals surface area contributed by atoms with E-state index in [2.05, 4.69) is 18.7 Å². The van der Waals surface area contributed by atoms with Gasteiger partial charge in [-0.15, -0.1) is 0 Å². The van der Waals surface area contributed by atoms with Crippen LogP contribution in [0.2, 0.25) is 0 Å². The molecule has 3 heterocycles. The summed E-state index contributed by atoms with van der Waals surface area (Å²) >= 11 is 0. The number of nitrogens with zero attached hydrogens (tertiary/aromatic N) is 3. The molecular weight excluding hydrogens is 414 g/mol. The molecule has 0 spiro atoms. The van der Waals surface area contributed by atoms with Crippen molar-refractivity contribution in [1.82, 2.24) is 9.80 Å². The number of fused-ring (bicyclic) bond motifs is 3. The number of hydrogen-bond donors (Lipinski definition) is 1. The van der Waals surface area contributed by atoms with Crippen molar-refractivity contribution in [2.45, 2.75) is 109 Å². The summed E-state index contributed by atoms with van der Waals surface area (Å²) in [5.74, 6) is 0.139. The van der Waals surface area contributed by atoms with Crippen molar-refractivity contribution >= 4 is 17.5 Å². The lowest BCUT2D eigenvalue weighted by molar-refractivity contribution is -0.116. The Labute approximate surface area is 198 Å². The SMILES string of the molecule is CC(=O)N1CCCCCCCN(C(C)C)Cc2cc(C(=O)N3C4CCC3CC(O)C4)ccc21. The Balaban J connectivity index is 1.67. The van der Waals surface area contributed by atoms with Gasteiger partial charge in [-0.25, -0.2) is 0 Å². The Morgan fingerprint density at radius 1 is 0.970 bits per heavy atom. The standard InChI is InChI=1S/C27H41N3O3/c1-19(2)28-13-7-5-4-6-8-14-29(20(3)31)26-12-9-21(15-22(26)18-28)27(33)30-23-10-11-24(30)17-25(32)16-23/h9,12,15,19,23-25,32H,4-8,10-11,13-14,16-18H2,1-3H3. The second kappa shape index (κ2) is 10.6. The minimum Gasteiger partial charge on any atom is -0.393 e. The van der Waals surface area contributed by atoms with E-state index in [0.29, 0.717) is 24.4 Å². The van der Waals surface area contributed by atoms with Crippen LogP contribution in [0.25, 0.3) is 0 Å². The molecule has 2 fully saturated rings. The van der Waals surface area contributed by atoms with E-state index in [4.69, 9.17) is 0 Å². The zero-order chi connectivity index (χ0) is 23.5. The Morgan fingerprint density at radius 3 is 2.24 bits per heavy atom. The fourth-order valence-corrected chi connectivity index (χ4v) is 6.04. The van der Waals surface area contributed by atoms with Gasteiger partial charge in [0.15, 0.2) is 0 Å². The molecule has 1 aromatic carbocycles. The number of benzene rings is 1. The van der Waals surface area contributed by atoms with Gasteiger partial charge in [-0.05, 0) is 82.7 Å². The number of amides is 2. The normalized spacial score (nSPS) is 27.1. The molecule has 0 aliphatic carbocycles. The van der Waals surface area contributed by atoms with Crippen LogP contribution >= 0.6 is 0 Å². The summed E-state index contributed by atoms with van der Waals surface area (Å²) in [5.41, 5.74) is 2.72. The van der Waals surface area contributed by atoms with Crippen molar-refractivity contribution < 1.29 is 14.7 Å². The lowest BCUT2D eigenvalue weighted by Crippen LogP contribution is -2.48. The quantitative estimate of drug-likeness (QED) is 0.720. The number of rotatable bonds is 2. The van der Waals surface area contributed by atoms with E-state index in [9.17, 15) is 14.7 Å². The van der Waals surface area contributed by atoms with Gasteiger partial charge in [-0.2, -0.15) is 0 Å². The molecule has 2 bridgehead atoms. The lowest BCUT2D eigenvalue weighted by atomic mass is 9.97. The molecule has 2 amide bonds. The van der Waals surface area contributed by atoms with Gasteiger partial charge in [0, 0.05) is 49.4 Å². The van der Waals surface area contributed by atoms with Crippen LogP contribution in [0.15, 0.2) is 18.2 Å². The maximum Gasteiger partial charge on any atom is 0.254 e. The van der Waals surface area contributed by atoms with Crippen LogP contribution in [-0.4, -0.2) is 64.0 Å². The second-order valence-electron chi connectivity index (χ2n) is 10.6. The van der Waals surface area contributed by atoms with Gasteiger partial charge in [0.2, 0.25) is 5.91 Å². The number of aliphatic hydroxyl groups is 1. The minimum absolute atomic E-state index is 0.0616. The molecule has 6 nitrogen and oxygen atoms in total. The van der Waals surface area contributed by atoms with Gasteiger partial charge >= 0.3 is 0 Å². The van der Waals surface area contributed by atoms with E-state index in [-0.39, 0.29) is 30.0 Å². The lowest BCUT2D eigenvalue weighted by Gasteiger charge is -2.37. The summed E-state index contributed by atoms with van der Waals surface area (Å²) in [5, 5.41) is 10.1. The van der Waals surface area contributed by atoms with Crippen LogP contribution in [0.4, 0.5) is 5.69 Å². The fourth-order valence-electron chi connectivity index (χ4n) is 6.04. The van der Waals surface area contributed by atoms with Gasteiger partial charge in [0.1, 0.15) is 0 Å². The molecule has 2 atom stereocenters. The zero-order valence-corrected chi connectivity index (χ0v) is 20.6. The van der Waals surface area contributed by atoms with E-state index in [1.165, 1.54) is 19.3 Å². The molecule has 0 saturated carbocycles. The average molecular weight is 456 g/mol. The fraction of sp³-hybridized carbons (Fsp3) is 0.704. The molecule has 33 heavy (non-hydrogen) atoms. The summed E-state index contributed by atoms with van der Waals surface area (Å²) < 4.78 is 0. The average Bonchev–Trinajstić information content (AvgIpc) is 3.03. The number of hydrogen-bond acceptors (Lipinski definition) is 4. The molecule has 6 heteroatoms. The topological polar surface area (TPSA) is 64.1 Å². The minimum atomic E-state index is -0.285. The third kappa shape index (κ3) is 5.43. The number of carbonyl (C=O) groups excluding carboxylic acids is 2. The third-order valence-electron chi connectivity index (χ3n) is 7.87. The first-order chi connectivity index (χ1) is 15.8. The van der Waals surface area contributed by atoms with Gasteiger partial charge in [0.25, 0.3) is 5.91 Å². The number of carbonyl (C=O) groups is 2. The Bertz CT molecular complexity index is 841. The van der Waals surface area contributed by atoms with E-state index < -0.39 is 0 Å². The van der Waals surface area contributed by atoms with Gasteiger partial charge in [0.05, 0.1) is 6.10 Å². The van der Waals surface area contributed by atoms with Crippen molar-refractivity contribution in [3.05, 3.63) is 29.3 Å². The molecule has 2 unspecified atom stereocenters. The molecule has 3 aliphatic heterocycles. The molecule has 0 aromatic heterocycles. The monoisotopic (exact) mass is 455 g/mol. The highest BCUT2D eigenvalue weighted by Crippen LogP contribution is 2.37. The van der Waals surface area contributed by atoms with Crippen molar-refractivity contribution in [2.24, 2.45) is 0 Å². The summed E-state index contributed by atoms with van der Waals surface area (Å²) in [6.45, 7) is 8.59. The van der Waals surface area contributed by atoms with Crippen LogP contribution in [0, 0.1) is 0 Å². The molecule has 0 radical (unpaired) electrons. The van der Waals surface area contributed by atoms with Crippen molar-refractivity contribution in [3.8, 4) is 0 Å². The first-order valence-electron chi connectivity index (χ1n) is 13.0.